The van der Waals surface area contributed by atoms with Gasteiger partial charge in [0, 0.05) is 42.4 Å². The molecule has 2 aromatic heterocycles. The van der Waals surface area contributed by atoms with Gasteiger partial charge in [0.05, 0.1) is 13.7 Å². The lowest BCUT2D eigenvalue weighted by molar-refractivity contribution is 1.08. The number of thiophene rings is 1. The van der Waals surface area contributed by atoms with Crippen molar-refractivity contribution in [2.45, 2.75) is 0 Å². The molecular weight excluding hydrogens is 663 g/mol. The fourth-order valence-electron chi connectivity index (χ4n) is 6.84. The van der Waals surface area contributed by atoms with E-state index in [1.54, 1.807) is 12.1 Å². The molecule has 4 heteroatoms. The van der Waals surface area contributed by atoms with Crippen molar-refractivity contribution < 1.29 is 13.7 Å². The molecule has 53 heavy (non-hydrogen) atoms. The average Bonchev–Trinajstić information content (AvgIpc) is 3.70. The summed E-state index contributed by atoms with van der Waals surface area (Å²) in [7, 11) is 0. The van der Waals surface area contributed by atoms with Crippen LogP contribution in [0.1, 0.15) is 13.7 Å². The van der Waals surface area contributed by atoms with E-state index in [2.05, 4.69) is 36.4 Å². The molecule has 0 aliphatic carbocycles. The second kappa shape index (κ2) is 13.1. The van der Waals surface area contributed by atoms with Crippen LogP contribution in [0, 0.1) is 0 Å². The maximum absolute atomic E-state index is 8.97. The summed E-state index contributed by atoms with van der Waals surface area (Å²) in [5, 5.41) is 3.51. The molecule has 248 valence electrons. The zero-order valence-corrected chi connectivity index (χ0v) is 28.7. The standard InChI is InChI=1S/C49H31N3S/c1-4-14-32(15-5-1)38-30-42(34-16-6-2-7-17-34)46-43(31-38)45-41(24-13-25-44(45)53-46)49-51-47(36-19-8-3-9-20-36)50-48(52-49)37-28-26-35(27-29-37)40-23-12-21-33-18-10-11-22-39(33)40/h1-31H/i1D,2D,4D,5D,6D,7D,14D,15D,16D,17D. The molecule has 0 aliphatic rings. The molecular formula is C49H31N3S. The van der Waals surface area contributed by atoms with Gasteiger partial charge >= 0.3 is 0 Å². The average molecular weight is 704 g/mol. The van der Waals surface area contributed by atoms with Crippen LogP contribution in [-0.4, -0.2) is 15.0 Å². The van der Waals surface area contributed by atoms with Gasteiger partial charge < -0.3 is 0 Å². The van der Waals surface area contributed by atoms with Gasteiger partial charge in [0.25, 0.3) is 0 Å². The third kappa shape index (κ3) is 5.66. The van der Waals surface area contributed by atoms with E-state index in [-0.39, 0.29) is 22.3 Å². The highest BCUT2D eigenvalue weighted by atomic mass is 32.1. The van der Waals surface area contributed by atoms with Gasteiger partial charge in [-0.05, 0) is 56.8 Å². The summed E-state index contributed by atoms with van der Waals surface area (Å²) in [5.41, 5.74) is 4.57. The molecule has 0 spiro atoms. The Hall–Kier alpha value is -6.75. The van der Waals surface area contributed by atoms with Crippen LogP contribution in [0.15, 0.2) is 188 Å². The molecule has 8 aromatic carbocycles. The van der Waals surface area contributed by atoms with E-state index >= 15 is 0 Å². The summed E-state index contributed by atoms with van der Waals surface area (Å²) in [4.78, 5) is 15.1. The van der Waals surface area contributed by atoms with Gasteiger partial charge in [-0.1, -0.05) is 170 Å². The van der Waals surface area contributed by atoms with Crippen molar-refractivity contribution in [2.24, 2.45) is 0 Å². The van der Waals surface area contributed by atoms with Crippen molar-refractivity contribution in [3.8, 4) is 67.5 Å². The normalized spacial score (nSPS) is 14.0. The molecule has 0 fully saturated rings. The molecule has 0 bridgehead atoms. The minimum Gasteiger partial charge on any atom is -0.208 e. The number of hydrogen-bond acceptors (Lipinski definition) is 4. The topological polar surface area (TPSA) is 38.7 Å². The van der Waals surface area contributed by atoms with Crippen molar-refractivity contribution in [3.63, 3.8) is 0 Å². The van der Waals surface area contributed by atoms with E-state index in [0.717, 1.165) is 37.7 Å². The van der Waals surface area contributed by atoms with Crippen LogP contribution in [-0.2, 0) is 0 Å². The lowest BCUT2D eigenvalue weighted by Gasteiger charge is -2.11. The van der Waals surface area contributed by atoms with Gasteiger partial charge in [-0.25, -0.2) is 15.0 Å². The Balaban J connectivity index is 1.24. The van der Waals surface area contributed by atoms with E-state index in [1.165, 1.54) is 11.3 Å². The van der Waals surface area contributed by atoms with Crippen LogP contribution in [0.5, 0.6) is 0 Å². The van der Waals surface area contributed by atoms with E-state index in [4.69, 9.17) is 28.7 Å². The van der Waals surface area contributed by atoms with E-state index in [9.17, 15) is 0 Å². The predicted octanol–water partition coefficient (Wildman–Crippen LogP) is 13.4. The molecule has 10 aromatic rings. The monoisotopic (exact) mass is 703 g/mol. The van der Waals surface area contributed by atoms with Gasteiger partial charge in [0.2, 0.25) is 0 Å². The highest BCUT2D eigenvalue weighted by Crippen LogP contribution is 2.45. The fraction of sp³-hybridized carbons (Fsp3) is 0. The third-order valence-electron chi connectivity index (χ3n) is 9.31. The second-order valence-corrected chi connectivity index (χ2v) is 13.5. The minimum absolute atomic E-state index is 0.0749. The van der Waals surface area contributed by atoms with Crippen molar-refractivity contribution in [1.82, 2.24) is 15.0 Å². The van der Waals surface area contributed by atoms with Crippen LogP contribution < -0.4 is 0 Å². The zero-order valence-electron chi connectivity index (χ0n) is 37.9. The summed E-state index contributed by atoms with van der Waals surface area (Å²) in [5.74, 6) is 1.21. The fourth-order valence-corrected chi connectivity index (χ4v) is 8.07. The molecule has 10 rings (SSSR count). The molecule has 0 radical (unpaired) electrons. The number of rotatable bonds is 6. The van der Waals surface area contributed by atoms with Crippen LogP contribution in [0.4, 0.5) is 0 Å². The highest BCUT2D eigenvalue weighted by Gasteiger charge is 2.20. The molecule has 0 N–H and O–H groups in total. The quantitative estimate of drug-likeness (QED) is 0.173. The van der Waals surface area contributed by atoms with Gasteiger partial charge in [0.1, 0.15) is 0 Å². The van der Waals surface area contributed by atoms with Crippen molar-refractivity contribution in [2.75, 3.05) is 0 Å². The number of benzene rings is 8. The molecule has 3 nitrogen and oxygen atoms in total. The number of nitrogens with zero attached hydrogens (tertiary/aromatic N) is 3. The summed E-state index contributed by atoms with van der Waals surface area (Å²) in [6.07, 6.45) is 0. The van der Waals surface area contributed by atoms with E-state index < -0.39 is 60.4 Å². The Morgan fingerprint density at radius 3 is 1.77 bits per heavy atom. The third-order valence-corrected chi connectivity index (χ3v) is 10.5. The zero-order chi connectivity index (χ0) is 43.8. The molecule has 0 saturated carbocycles. The largest absolute Gasteiger partial charge is 0.208 e. The van der Waals surface area contributed by atoms with Crippen LogP contribution in [0.2, 0.25) is 0 Å². The molecule has 0 atom stereocenters. The Morgan fingerprint density at radius 1 is 0.396 bits per heavy atom. The van der Waals surface area contributed by atoms with E-state index in [1.807, 2.05) is 78.9 Å². The summed E-state index contributed by atoms with van der Waals surface area (Å²) in [6.45, 7) is 0. The van der Waals surface area contributed by atoms with Crippen molar-refractivity contribution >= 4 is 42.3 Å². The Labute approximate surface area is 325 Å². The first-order valence-corrected chi connectivity index (χ1v) is 17.8. The number of fused-ring (bicyclic) bond motifs is 4. The summed E-state index contributed by atoms with van der Waals surface area (Å²) < 4.78 is 87.6. The van der Waals surface area contributed by atoms with Gasteiger partial charge in [-0.2, -0.15) is 0 Å². The maximum Gasteiger partial charge on any atom is 0.164 e. The molecule has 0 saturated heterocycles. The first kappa shape index (κ1) is 22.2. The number of aromatic nitrogens is 3. The van der Waals surface area contributed by atoms with Crippen LogP contribution in [0.3, 0.4) is 0 Å². The second-order valence-electron chi connectivity index (χ2n) is 12.5. The summed E-state index contributed by atoms with van der Waals surface area (Å²) >= 11 is 1.34. The van der Waals surface area contributed by atoms with Gasteiger partial charge in [-0.3, -0.25) is 0 Å². The smallest absolute Gasteiger partial charge is 0.164 e. The summed E-state index contributed by atoms with van der Waals surface area (Å²) in [6, 6.07) is 36.2. The molecule has 0 aliphatic heterocycles. The number of hydrogen-bond donors (Lipinski definition) is 0. The molecule has 0 amide bonds. The molecule has 2 heterocycles. The Kier molecular flexibility index (Phi) is 5.50. The Bertz CT molecular complexity index is 3460. The highest BCUT2D eigenvalue weighted by molar-refractivity contribution is 7.26. The Morgan fingerprint density at radius 2 is 1.00 bits per heavy atom. The predicted molar refractivity (Wildman–Crippen MR) is 223 cm³/mol. The first-order chi connectivity index (χ1) is 30.4. The minimum atomic E-state index is -0.549. The molecule has 0 unspecified atom stereocenters. The maximum atomic E-state index is 8.97. The van der Waals surface area contributed by atoms with Gasteiger partial charge in [0.15, 0.2) is 17.5 Å². The first-order valence-electron chi connectivity index (χ1n) is 22.0. The lowest BCUT2D eigenvalue weighted by atomic mass is 9.95. The van der Waals surface area contributed by atoms with Crippen molar-refractivity contribution in [3.05, 3.63) is 188 Å². The van der Waals surface area contributed by atoms with E-state index in [0.29, 0.717) is 38.5 Å². The lowest BCUT2D eigenvalue weighted by Crippen LogP contribution is -2.00. The van der Waals surface area contributed by atoms with Gasteiger partial charge in [-0.15, -0.1) is 11.3 Å². The van der Waals surface area contributed by atoms with Crippen molar-refractivity contribution in [1.29, 1.82) is 0 Å². The van der Waals surface area contributed by atoms with Crippen LogP contribution in [0.25, 0.3) is 98.5 Å². The van der Waals surface area contributed by atoms with Crippen LogP contribution >= 0.6 is 11.3 Å². The SMILES string of the molecule is [2H]c1c([2H])c([2H])c(-c2cc(-c3c([2H])c([2H])c([2H])c([2H])c3[2H])c3sc4cccc(-c5nc(-c6ccccc6)nc(-c6ccc(-c7cccc8ccccc78)cc6)n5)c4c3c2)c([2H])c1[2H].